The number of halogens is 2. The number of amides is 2. The molecule has 2 fully saturated rings. The van der Waals surface area contributed by atoms with Gasteiger partial charge in [0, 0.05) is 49.4 Å². The summed E-state index contributed by atoms with van der Waals surface area (Å²) in [7, 11) is 0. The van der Waals surface area contributed by atoms with Gasteiger partial charge in [-0.05, 0) is 73.6 Å². The normalized spacial score (nSPS) is 16.1. The van der Waals surface area contributed by atoms with Crippen molar-refractivity contribution in [1.82, 2.24) is 10.2 Å². The van der Waals surface area contributed by atoms with Crippen molar-refractivity contribution >= 4 is 40.1 Å². The lowest BCUT2D eigenvalue weighted by atomic mass is 9.97. The molecule has 1 N–H and O–H groups in total. The first-order valence-corrected chi connectivity index (χ1v) is 15.8. The van der Waals surface area contributed by atoms with E-state index in [9.17, 15) is 18.8 Å². The summed E-state index contributed by atoms with van der Waals surface area (Å²) in [5.41, 5.74) is 3.78. The fourth-order valence-corrected chi connectivity index (χ4v) is 6.32. The number of hydrogen-bond acceptors (Lipinski definition) is 5. The molecular weight excluding hydrogens is 593 g/mol. The number of piperidine rings is 2. The summed E-state index contributed by atoms with van der Waals surface area (Å²) in [5.74, 6) is -1.31. The van der Waals surface area contributed by atoms with Crippen LogP contribution < -0.4 is 15.6 Å². The molecule has 0 unspecified atom stereocenters. The molecule has 0 saturated carbocycles. The van der Waals surface area contributed by atoms with Crippen LogP contribution in [-0.4, -0.2) is 42.4 Å². The lowest BCUT2D eigenvalue weighted by molar-refractivity contribution is -0.133. The molecule has 0 bridgehead atoms. The van der Waals surface area contributed by atoms with Gasteiger partial charge in [0.1, 0.15) is 0 Å². The second-order valence-corrected chi connectivity index (χ2v) is 12.2. The van der Waals surface area contributed by atoms with Crippen LogP contribution in [0.3, 0.4) is 0 Å². The van der Waals surface area contributed by atoms with Gasteiger partial charge in [-0.25, -0.2) is 4.39 Å². The van der Waals surface area contributed by atoms with E-state index in [0.29, 0.717) is 24.4 Å². The summed E-state index contributed by atoms with van der Waals surface area (Å²) >= 11 is 6.10. The Bertz CT molecular complexity index is 1790. The van der Waals surface area contributed by atoms with Gasteiger partial charge in [-0.15, -0.1) is 0 Å². The first-order valence-electron chi connectivity index (χ1n) is 15.4. The summed E-state index contributed by atoms with van der Waals surface area (Å²) in [6.45, 7) is 3.03. The highest BCUT2D eigenvalue weighted by molar-refractivity contribution is 6.30. The van der Waals surface area contributed by atoms with Gasteiger partial charge >= 0.3 is 0 Å². The zero-order chi connectivity index (χ0) is 31.3. The molecule has 2 amide bonds. The molecule has 3 aromatic carbocycles. The molecule has 45 heavy (non-hydrogen) atoms. The third-order valence-electron chi connectivity index (χ3n) is 8.57. The number of rotatable bonds is 8. The standard InChI is InChI=1S/C36H35ClFN3O4/c37-27-13-11-24(12-14-27)20-28(39-36(44)33-22-32(42)29-7-5-8-30(38)35(29)45-33)21-25-15-18-40(19-16-25)31-9-2-1-6-26(31)23-41-17-4-3-10-34(41)43/h1-2,5-9,11-14,21-22,28H,3-4,10,15-20,23H2,(H,39,44)/t28-/m1/s1. The van der Waals surface area contributed by atoms with Gasteiger partial charge in [-0.2, -0.15) is 0 Å². The van der Waals surface area contributed by atoms with Gasteiger partial charge in [0.2, 0.25) is 5.91 Å². The monoisotopic (exact) mass is 627 g/mol. The molecule has 1 aromatic heterocycles. The van der Waals surface area contributed by atoms with Crippen LogP contribution in [-0.2, 0) is 17.8 Å². The summed E-state index contributed by atoms with van der Waals surface area (Å²) in [6.07, 6.45) is 6.82. The summed E-state index contributed by atoms with van der Waals surface area (Å²) in [4.78, 5) is 42.8. The fourth-order valence-electron chi connectivity index (χ4n) is 6.19. The Balaban J connectivity index is 1.19. The number of hydrogen-bond donors (Lipinski definition) is 1. The van der Waals surface area contributed by atoms with E-state index in [1.165, 1.54) is 23.8 Å². The second-order valence-electron chi connectivity index (χ2n) is 11.7. The van der Waals surface area contributed by atoms with E-state index in [-0.39, 0.29) is 22.6 Å². The van der Waals surface area contributed by atoms with Crippen LogP contribution in [0, 0.1) is 5.82 Å². The molecular formula is C36H35ClFN3O4. The number of nitrogens with one attached hydrogen (secondary N) is 1. The van der Waals surface area contributed by atoms with Crippen molar-refractivity contribution in [2.24, 2.45) is 0 Å². The Morgan fingerprint density at radius 2 is 1.73 bits per heavy atom. The minimum absolute atomic E-state index is 0.0854. The zero-order valence-electron chi connectivity index (χ0n) is 24.9. The van der Waals surface area contributed by atoms with Crippen LogP contribution in [0.15, 0.2) is 93.7 Å². The lowest BCUT2D eigenvalue weighted by Crippen LogP contribution is -2.37. The predicted molar refractivity (Wildman–Crippen MR) is 174 cm³/mol. The number of fused-ring (bicyclic) bond motifs is 1. The highest BCUT2D eigenvalue weighted by atomic mass is 35.5. The van der Waals surface area contributed by atoms with Gasteiger partial charge in [0.25, 0.3) is 5.91 Å². The van der Waals surface area contributed by atoms with E-state index in [2.05, 4.69) is 28.4 Å². The molecule has 0 aliphatic carbocycles. The number of nitrogens with zero attached hydrogens (tertiary/aromatic N) is 2. The van der Waals surface area contributed by atoms with Crippen molar-refractivity contribution in [3.05, 3.63) is 122 Å². The van der Waals surface area contributed by atoms with Gasteiger partial charge in [0.15, 0.2) is 22.6 Å². The van der Waals surface area contributed by atoms with Gasteiger partial charge in [-0.3, -0.25) is 14.4 Å². The molecule has 0 spiro atoms. The summed E-state index contributed by atoms with van der Waals surface area (Å²) in [6, 6.07) is 20.5. The number of para-hydroxylation sites is 2. The van der Waals surface area contributed by atoms with Crippen LogP contribution in [0.2, 0.25) is 5.02 Å². The SMILES string of the molecule is O=C(N[C@@H](C=C1CCN(c2ccccc2CN2CCCCC2=O)CC1)Cc1ccc(Cl)cc1)c1cc(=O)c2cccc(F)c2o1. The van der Waals surface area contributed by atoms with Crippen molar-refractivity contribution in [2.45, 2.75) is 51.1 Å². The first-order chi connectivity index (χ1) is 21.8. The average molecular weight is 628 g/mol. The number of benzene rings is 3. The van der Waals surface area contributed by atoms with E-state index < -0.39 is 23.2 Å². The van der Waals surface area contributed by atoms with Crippen LogP contribution >= 0.6 is 11.6 Å². The quantitative estimate of drug-likeness (QED) is 0.221. The molecule has 2 aliphatic heterocycles. The fraction of sp³-hybridized carbons (Fsp3) is 0.306. The Labute approximate surface area is 266 Å². The Morgan fingerprint density at radius 1 is 0.956 bits per heavy atom. The molecule has 9 heteroatoms. The molecule has 7 nitrogen and oxygen atoms in total. The Kier molecular flexibility index (Phi) is 9.31. The molecule has 232 valence electrons. The van der Waals surface area contributed by atoms with E-state index in [4.69, 9.17) is 16.0 Å². The number of carbonyl (C=O) groups excluding carboxylic acids is 2. The van der Waals surface area contributed by atoms with E-state index in [1.54, 1.807) is 12.1 Å². The molecule has 0 radical (unpaired) electrons. The van der Waals surface area contributed by atoms with Gasteiger partial charge in [-0.1, -0.05) is 59.6 Å². The van der Waals surface area contributed by atoms with Crippen molar-refractivity contribution in [1.29, 1.82) is 0 Å². The topological polar surface area (TPSA) is 82.9 Å². The van der Waals surface area contributed by atoms with Crippen molar-refractivity contribution in [3.63, 3.8) is 0 Å². The molecule has 4 aromatic rings. The van der Waals surface area contributed by atoms with Crippen LogP contribution in [0.25, 0.3) is 11.0 Å². The van der Waals surface area contributed by atoms with Crippen LogP contribution in [0.1, 0.15) is 53.8 Å². The highest BCUT2D eigenvalue weighted by Gasteiger charge is 2.23. The minimum Gasteiger partial charge on any atom is -0.448 e. The van der Waals surface area contributed by atoms with Crippen molar-refractivity contribution in [2.75, 3.05) is 24.5 Å². The first kappa shape index (κ1) is 30.6. The second kappa shape index (κ2) is 13.7. The predicted octanol–water partition coefficient (Wildman–Crippen LogP) is 6.67. The lowest BCUT2D eigenvalue weighted by Gasteiger charge is -2.34. The van der Waals surface area contributed by atoms with Crippen LogP contribution in [0.4, 0.5) is 10.1 Å². The highest BCUT2D eigenvalue weighted by Crippen LogP contribution is 2.29. The van der Waals surface area contributed by atoms with Crippen molar-refractivity contribution < 1.29 is 18.4 Å². The average Bonchev–Trinajstić information content (AvgIpc) is 3.04. The Hall–Kier alpha value is -4.43. The Morgan fingerprint density at radius 3 is 2.51 bits per heavy atom. The molecule has 6 rings (SSSR count). The van der Waals surface area contributed by atoms with Crippen molar-refractivity contribution in [3.8, 4) is 0 Å². The number of anilines is 1. The van der Waals surface area contributed by atoms with E-state index in [0.717, 1.165) is 68.2 Å². The summed E-state index contributed by atoms with van der Waals surface area (Å²) < 4.78 is 20.0. The largest absolute Gasteiger partial charge is 0.448 e. The molecule has 2 aliphatic rings. The third-order valence-corrected chi connectivity index (χ3v) is 8.83. The molecule has 1 atom stereocenters. The maximum absolute atomic E-state index is 14.4. The van der Waals surface area contributed by atoms with Gasteiger partial charge in [0.05, 0.1) is 11.4 Å². The van der Waals surface area contributed by atoms with E-state index in [1.807, 2.05) is 29.2 Å². The third kappa shape index (κ3) is 7.28. The van der Waals surface area contributed by atoms with Crippen LogP contribution in [0.5, 0.6) is 0 Å². The summed E-state index contributed by atoms with van der Waals surface area (Å²) in [5, 5.41) is 3.71. The minimum atomic E-state index is -0.699. The number of likely N-dealkylation sites (tertiary alicyclic amines) is 1. The maximum Gasteiger partial charge on any atom is 0.287 e. The molecule has 2 saturated heterocycles. The maximum atomic E-state index is 14.4. The van der Waals surface area contributed by atoms with Gasteiger partial charge < -0.3 is 19.5 Å². The zero-order valence-corrected chi connectivity index (χ0v) is 25.7. The van der Waals surface area contributed by atoms with E-state index >= 15 is 0 Å². The number of carbonyl (C=O) groups is 2. The molecule has 3 heterocycles. The smallest absolute Gasteiger partial charge is 0.287 e.